The molecule has 0 unspecified atom stereocenters. The molecule has 7 heteroatoms. The average molecular weight is 362 g/mol. The van der Waals surface area contributed by atoms with Gasteiger partial charge in [-0.25, -0.2) is 0 Å². The molecule has 26 heavy (non-hydrogen) atoms. The molecule has 1 fully saturated rings. The summed E-state index contributed by atoms with van der Waals surface area (Å²) in [6, 6.07) is 4.78. The van der Waals surface area contributed by atoms with E-state index in [2.05, 4.69) is 0 Å². The van der Waals surface area contributed by atoms with E-state index in [1.807, 2.05) is 11.9 Å². The number of carbonyl (C=O) groups is 2. The largest absolute Gasteiger partial charge is 0.487 e. The molecule has 2 rings (SSSR count). The molecule has 1 aliphatic rings. The summed E-state index contributed by atoms with van der Waals surface area (Å²) in [6.45, 7) is 0.267. The van der Waals surface area contributed by atoms with Crippen molar-refractivity contribution in [2.75, 3.05) is 13.7 Å². The van der Waals surface area contributed by atoms with Crippen LogP contribution in [0.4, 0.5) is 5.69 Å². The lowest BCUT2D eigenvalue weighted by atomic mass is 9.94. The van der Waals surface area contributed by atoms with Crippen molar-refractivity contribution < 1.29 is 19.2 Å². The number of aldehydes is 1. The second kappa shape index (κ2) is 9.89. The summed E-state index contributed by atoms with van der Waals surface area (Å²) in [6.07, 6.45) is 7.99. The molecule has 0 saturated heterocycles. The summed E-state index contributed by atoms with van der Waals surface area (Å²) in [4.78, 5) is 35.6. The molecule has 142 valence electrons. The van der Waals surface area contributed by atoms with Crippen LogP contribution in [-0.2, 0) is 4.79 Å². The Bertz CT molecular complexity index is 641. The van der Waals surface area contributed by atoms with Crippen molar-refractivity contribution >= 4 is 17.9 Å². The Morgan fingerprint density at radius 1 is 1.31 bits per heavy atom. The first-order valence-corrected chi connectivity index (χ1v) is 9.15. The van der Waals surface area contributed by atoms with Crippen molar-refractivity contribution in [2.45, 2.75) is 57.4 Å². The lowest BCUT2D eigenvalue weighted by molar-refractivity contribution is -0.386. The van der Waals surface area contributed by atoms with Crippen LogP contribution in [0.3, 0.4) is 0 Å². The van der Waals surface area contributed by atoms with E-state index in [1.54, 1.807) is 6.07 Å². The minimum absolute atomic E-state index is 0.00298. The standard InChI is InChI=1S/C19H26N2O5/c1-20(16-9-3-2-4-10-16)18(23)12-5-6-13-26-17-11-7-8-15(14-22)19(17)21(24)25/h7-8,11,14,16H,2-6,9-10,12-13H2,1H3. The zero-order chi connectivity index (χ0) is 18.9. The van der Waals surface area contributed by atoms with Crippen LogP contribution in [0.5, 0.6) is 5.75 Å². The smallest absolute Gasteiger partial charge is 0.321 e. The number of nitro benzene ring substituents is 1. The van der Waals surface area contributed by atoms with Crippen LogP contribution in [0.15, 0.2) is 18.2 Å². The van der Waals surface area contributed by atoms with Crippen molar-refractivity contribution in [3.8, 4) is 5.75 Å². The highest BCUT2D eigenvalue weighted by Gasteiger charge is 2.22. The molecule has 0 radical (unpaired) electrons. The van der Waals surface area contributed by atoms with Crippen molar-refractivity contribution in [1.29, 1.82) is 0 Å². The van der Waals surface area contributed by atoms with Crippen molar-refractivity contribution in [1.82, 2.24) is 4.90 Å². The predicted octanol–water partition coefficient (Wildman–Crippen LogP) is 3.75. The highest BCUT2D eigenvalue weighted by Crippen LogP contribution is 2.30. The third-order valence-corrected chi connectivity index (χ3v) is 4.90. The lowest BCUT2D eigenvalue weighted by Gasteiger charge is -2.31. The molecule has 0 N–H and O–H groups in total. The minimum Gasteiger partial charge on any atom is -0.487 e. The van der Waals surface area contributed by atoms with E-state index in [9.17, 15) is 19.7 Å². The van der Waals surface area contributed by atoms with Crippen LogP contribution in [0, 0.1) is 10.1 Å². The van der Waals surface area contributed by atoms with E-state index in [4.69, 9.17) is 4.74 Å². The molecule has 0 atom stereocenters. The molecule has 1 aromatic carbocycles. The first-order valence-electron chi connectivity index (χ1n) is 9.15. The van der Waals surface area contributed by atoms with Gasteiger partial charge in [0.2, 0.25) is 5.91 Å². The molecule has 0 heterocycles. The van der Waals surface area contributed by atoms with Gasteiger partial charge in [-0.3, -0.25) is 19.7 Å². The van der Waals surface area contributed by atoms with Crippen molar-refractivity contribution in [2.24, 2.45) is 0 Å². The number of nitrogens with zero attached hydrogens (tertiary/aromatic N) is 2. The summed E-state index contributed by atoms with van der Waals surface area (Å²) in [5.41, 5.74) is -0.313. The summed E-state index contributed by atoms with van der Waals surface area (Å²) in [7, 11) is 1.88. The number of hydrogen-bond donors (Lipinski definition) is 0. The lowest BCUT2D eigenvalue weighted by Crippen LogP contribution is -2.38. The fraction of sp³-hybridized carbons (Fsp3) is 0.579. The number of para-hydroxylation sites is 1. The van der Waals surface area contributed by atoms with Gasteiger partial charge in [0.05, 0.1) is 17.1 Å². The predicted molar refractivity (Wildman–Crippen MR) is 97.5 cm³/mol. The molecule has 1 saturated carbocycles. The van der Waals surface area contributed by atoms with Gasteiger partial charge in [0.15, 0.2) is 12.0 Å². The van der Waals surface area contributed by atoms with Crippen molar-refractivity contribution in [3.63, 3.8) is 0 Å². The van der Waals surface area contributed by atoms with Crippen LogP contribution < -0.4 is 4.74 Å². The minimum atomic E-state index is -0.609. The number of nitro groups is 1. The van der Waals surface area contributed by atoms with E-state index >= 15 is 0 Å². The summed E-state index contributed by atoms with van der Waals surface area (Å²) >= 11 is 0. The Balaban J connectivity index is 1.76. The topological polar surface area (TPSA) is 89.8 Å². The van der Waals surface area contributed by atoms with E-state index in [1.165, 1.54) is 31.4 Å². The monoisotopic (exact) mass is 362 g/mol. The third-order valence-electron chi connectivity index (χ3n) is 4.90. The highest BCUT2D eigenvalue weighted by molar-refractivity contribution is 5.83. The molecule has 7 nitrogen and oxygen atoms in total. The normalized spacial score (nSPS) is 14.7. The van der Waals surface area contributed by atoms with E-state index < -0.39 is 4.92 Å². The molecule has 0 aliphatic heterocycles. The maximum Gasteiger partial charge on any atom is 0.321 e. The number of benzene rings is 1. The first-order chi connectivity index (χ1) is 12.5. The first kappa shape index (κ1) is 19.9. The molecular weight excluding hydrogens is 336 g/mol. The maximum atomic E-state index is 12.3. The maximum absolute atomic E-state index is 12.3. The summed E-state index contributed by atoms with van der Waals surface area (Å²) < 4.78 is 5.47. The number of unbranched alkanes of at least 4 members (excludes halogenated alkanes) is 1. The van der Waals surface area contributed by atoms with Gasteiger partial charge < -0.3 is 9.64 Å². The fourth-order valence-electron chi connectivity index (χ4n) is 3.35. The molecule has 0 aromatic heterocycles. The number of hydrogen-bond acceptors (Lipinski definition) is 5. The number of carbonyl (C=O) groups excluding carboxylic acids is 2. The molecule has 1 amide bonds. The zero-order valence-corrected chi connectivity index (χ0v) is 15.2. The number of amides is 1. The Morgan fingerprint density at radius 3 is 2.69 bits per heavy atom. The number of rotatable bonds is 9. The third kappa shape index (κ3) is 5.28. The molecule has 1 aliphatic carbocycles. The van der Waals surface area contributed by atoms with E-state index in [0.717, 1.165) is 12.8 Å². The van der Waals surface area contributed by atoms with Crippen LogP contribution in [0.25, 0.3) is 0 Å². The fourth-order valence-corrected chi connectivity index (χ4v) is 3.35. The van der Waals surface area contributed by atoms with E-state index in [0.29, 0.717) is 31.6 Å². The molecule has 0 spiro atoms. The van der Waals surface area contributed by atoms with E-state index in [-0.39, 0.29) is 29.5 Å². The Hall–Kier alpha value is -2.44. The van der Waals surface area contributed by atoms with Crippen LogP contribution in [0.1, 0.15) is 61.7 Å². The van der Waals surface area contributed by atoms with Crippen LogP contribution in [-0.4, -0.2) is 41.7 Å². The zero-order valence-electron chi connectivity index (χ0n) is 15.2. The van der Waals surface area contributed by atoms with Gasteiger partial charge in [-0.15, -0.1) is 0 Å². The quantitative estimate of drug-likeness (QED) is 0.289. The second-order valence-electron chi connectivity index (χ2n) is 6.67. The molecule has 0 bridgehead atoms. The van der Waals surface area contributed by atoms with Gasteiger partial charge in [0.25, 0.3) is 0 Å². The van der Waals surface area contributed by atoms with Crippen LogP contribution >= 0.6 is 0 Å². The van der Waals surface area contributed by atoms with Gasteiger partial charge in [-0.05, 0) is 37.8 Å². The number of ether oxygens (including phenoxy) is 1. The van der Waals surface area contributed by atoms with Gasteiger partial charge in [-0.1, -0.05) is 25.3 Å². The summed E-state index contributed by atoms with van der Waals surface area (Å²) in [5.74, 6) is 0.232. The SMILES string of the molecule is CN(C(=O)CCCCOc1cccc(C=O)c1[N+](=O)[O-])C1CCCCC1. The van der Waals surface area contributed by atoms with Gasteiger partial charge >= 0.3 is 5.69 Å². The van der Waals surface area contributed by atoms with Crippen LogP contribution in [0.2, 0.25) is 0 Å². The summed E-state index contributed by atoms with van der Waals surface area (Å²) in [5, 5.41) is 11.1. The van der Waals surface area contributed by atoms with Gasteiger partial charge in [0.1, 0.15) is 0 Å². The Labute approximate surface area is 153 Å². The average Bonchev–Trinajstić information content (AvgIpc) is 2.67. The van der Waals surface area contributed by atoms with Gasteiger partial charge in [0, 0.05) is 19.5 Å². The van der Waals surface area contributed by atoms with Gasteiger partial charge in [-0.2, -0.15) is 0 Å². The molecule has 1 aromatic rings. The highest BCUT2D eigenvalue weighted by atomic mass is 16.6. The molecular formula is C19H26N2O5. The Morgan fingerprint density at radius 2 is 2.04 bits per heavy atom. The second-order valence-corrected chi connectivity index (χ2v) is 6.67. The Kier molecular flexibility index (Phi) is 7.56. The van der Waals surface area contributed by atoms with Crippen molar-refractivity contribution in [3.05, 3.63) is 33.9 Å².